The quantitative estimate of drug-likeness (QED) is 0.612. The van der Waals surface area contributed by atoms with Crippen molar-refractivity contribution < 1.29 is 0 Å². The number of hydrogen-bond acceptors (Lipinski definition) is 1. The zero-order chi connectivity index (χ0) is 10.5. The van der Waals surface area contributed by atoms with Gasteiger partial charge in [0.25, 0.3) is 0 Å². The van der Waals surface area contributed by atoms with E-state index in [1.807, 2.05) is 11.8 Å². The van der Waals surface area contributed by atoms with E-state index in [2.05, 4.69) is 41.4 Å². The summed E-state index contributed by atoms with van der Waals surface area (Å²) in [4.78, 5) is 4.97. The molecule has 1 aliphatic rings. The molecule has 2 heteroatoms. The second-order valence-electron chi connectivity index (χ2n) is 4.27. The van der Waals surface area contributed by atoms with Gasteiger partial charge in [-0.15, -0.1) is 11.8 Å². The average Bonchev–Trinajstić information content (AvgIpc) is 2.88. The van der Waals surface area contributed by atoms with E-state index in [0.717, 1.165) is 0 Å². The second-order valence-corrected chi connectivity index (χ2v) is 5.41. The van der Waals surface area contributed by atoms with Crippen molar-refractivity contribution in [2.45, 2.75) is 11.3 Å². The normalized spacial score (nSPS) is 14.8. The molecule has 1 nitrogen and oxygen atoms in total. The summed E-state index contributed by atoms with van der Waals surface area (Å²) in [5.41, 5.74) is 4.03. The Labute approximate surface area is 97.9 Å². The number of H-pyrrole nitrogens is 1. The van der Waals surface area contributed by atoms with Gasteiger partial charge in [0.1, 0.15) is 0 Å². The maximum absolute atomic E-state index is 3.50. The molecule has 0 saturated heterocycles. The summed E-state index contributed by atoms with van der Waals surface area (Å²) >= 11 is 1.98. The maximum Gasteiger partial charge on any atom is 0.0468 e. The molecule has 0 saturated carbocycles. The van der Waals surface area contributed by atoms with Gasteiger partial charge in [-0.2, -0.15) is 0 Å². The lowest BCUT2D eigenvalue weighted by Crippen LogP contribution is -1.79. The first-order chi connectivity index (χ1) is 7.92. The Kier molecular flexibility index (Phi) is 1.66. The molecule has 0 fully saturated rings. The molecule has 0 radical (unpaired) electrons. The first-order valence-electron chi connectivity index (χ1n) is 5.58. The summed E-state index contributed by atoms with van der Waals surface area (Å²) in [5, 5.41) is 2.71. The fourth-order valence-corrected chi connectivity index (χ4v) is 3.61. The van der Waals surface area contributed by atoms with Crippen molar-refractivity contribution in [1.82, 2.24) is 4.98 Å². The van der Waals surface area contributed by atoms with Gasteiger partial charge in [0.2, 0.25) is 0 Å². The van der Waals surface area contributed by atoms with Crippen LogP contribution in [0.3, 0.4) is 0 Å². The third-order valence-corrected chi connectivity index (χ3v) is 4.42. The average molecular weight is 225 g/mol. The number of aromatic nitrogens is 1. The molecular formula is C14H11NS. The summed E-state index contributed by atoms with van der Waals surface area (Å²) in [6.45, 7) is 0. The van der Waals surface area contributed by atoms with Gasteiger partial charge < -0.3 is 4.98 Å². The zero-order valence-electron chi connectivity index (χ0n) is 8.79. The van der Waals surface area contributed by atoms with Gasteiger partial charge in [-0.05, 0) is 30.2 Å². The fraction of sp³-hybridized carbons (Fsp3) is 0.143. The fourth-order valence-electron chi connectivity index (χ4n) is 2.52. The zero-order valence-corrected chi connectivity index (χ0v) is 9.60. The number of nitrogens with one attached hydrogen (secondary N) is 1. The van der Waals surface area contributed by atoms with Crippen LogP contribution in [0.5, 0.6) is 0 Å². The van der Waals surface area contributed by atoms with E-state index in [1.165, 1.54) is 44.4 Å². The van der Waals surface area contributed by atoms with Crippen molar-refractivity contribution in [3.63, 3.8) is 0 Å². The van der Waals surface area contributed by atoms with E-state index in [1.54, 1.807) is 0 Å². The van der Waals surface area contributed by atoms with Gasteiger partial charge in [0.05, 0.1) is 0 Å². The van der Waals surface area contributed by atoms with E-state index in [0.29, 0.717) is 0 Å². The minimum absolute atomic E-state index is 1.21. The number of rotatable bonds is 0. The van der Waals surface area contributed by atoms with E-state index in [9.17, 15) is 0 Å². The van der Waals surface area contributed by atoms with Crippen LogP contribution in [0.4, 0.5) is 0 Å². The van der Waals surface area contributed by atoms with Crippen molar-refractivity contribution >= 4 is 33.6 Å². The van der Waals surface area contributed by atoms with Crippen LogP contribution in [-0.2, 0) is 6.42 Å². The minimum atomic E-state index is 1.21. The van der Waals surface area contributed by atoms with E-state index in [4.69, 9.17) is 0 Å². The highest BCUT2D eigenvalue weighted by molar-refractivity contribution is 7.99. The Bertz CT molecular complexity index is 696. The lowest BCUT2D eigenvalue weighted by molar-refractivity contribution is 1.15. The summed E-state index contributed by atoms with van der Waals surface area (Å²) < 4.78 is 0. The monoisotopic (exact) mass is 225 g/mol. The first-order valence-corrected chi connectivity index (χ1v) is 6.56. The number of aryl methyl sites for hydroxylation is 1. The molecule has 2 heterocycles. The highest BCUT2D eigenvalue weighted by atomic mass is 32.2. The molecule has 2 aromatic carbocycles. The topological polar surface area (TPSA) is 15.8 Å². The number of fused-ring (bicyclic) bond motifs is 4. The number of para-hydroxylation sites is 1. The Hall–Kier alpha value is -1.41. The molecule has 0 amide bonds. The Morgan fingerprint density at radius 3 is 2.94 bits per heavy atom. The van der Waals surface area contributed by atoms with Gasteiger partial charge in [-0.3, -0.25) is 0 Å². The van der Waals surface area contributed by atoms with Gasteiger partial charge >= 0.3 is 0 Å². The highest BCUT2D eigenvalue weighted by Gasteiger charge is 2.14. The summed E-state index contributed by atoms with van der Waals surface area (Å²) in [6, 6.07) is 13.2. The standard InChI is InChI=1S/C14H11NS/c1-2-4-12-10(3-1)11-8-14-9(5-6-16-14)7-13(11)15-12/h1-4,7-8,15H,5-6H2. The Morgan fingerprint density at radius 1 is 1.00 bits per heavy atom. The van der Waals surface area contributed by atoms with Crippen LogP contribution < -0.4 is 0 Å². The molecule has 0 bridgehead atoms. The van der Waals surface area contributed by atoms with Crippen LogP contribution in [0, 0.1) is 0 Å². The third-order valence-electron chi connectivity index (χ3n) is 3.32. The highest BCUT2D eigenvalue weighted by Crippen LogP contribution is 2.36. The molecule has 1 aromatic heterocycles. The minimum Gasteiger partial charge on any atom is -0.355 e. The maximum atomic E-state index is 3.50. The first kappa shape index (κ1) is 8.71. The van der Waals surface area contributed by atoms with Crippen molar-refractivity contribution in [1.29, 1.82) is 0 Å². The Morgan fingerprint density at radius 2 is 1.94 bits per heavy atom. The van der Waals surface area contributed by atoms with Gasteiger partial charge in [0, 0.05) is 32.5 Å². The molecular weight excluding hydrogens is 214 g/mol. The SMILES string of the molecule is c1ccc2c(c1)[nH]c1cc3c(cc12)SCC3. The van der Waals surface area contributed by atoms with Crippen molar-refractivity contribution in [2.75, 3.05) is 5.75 Å². The predicted molar refractivity (Wildman–Crippen MR) is 70.2 cm³/mol. The van der Waals surface area contributed by atoms with E-state index in [-0.39, 0.29) is 0 Å². The molecule has 0 atom stereocenters. The smallest absolute Gasteiger partial charge is 0.0468 e. The lowest BCUT2D eigenvalue weighted by atomic mass is 10.1. The molecule has 0 spiro atoms. The number of benzene rings is 2. The molecule has 0 aliphatic carbocycles. The third kappa shape index (κ3) is 1.08. The van der Waals surface area contributed by atoms with Crippen LogP contribution in [0.25, 0.3) is 21.8 Å². The van der Waals surface area contributed by atoms with Crippen molar-refractivity contribution in [2.24, 2.45) is 0 Å². The second kappa shape index (κ2) is 3.05. The van der Waals surface area contributed by atoms with Crippen molar-refractivity contribution in [3.8, 4) is 0 Å². The summed E-state index contributed by atoms with van der Waals surface area (Å²) in [7, 11) is 0. The largest absolute Gasteiger partial charge is 0.355 e. The molecule has 1 N–H and O–H groups in total. The van der Waals surface area contributed by atoms with Crippen LogP contribution >= 0.6 is 11.8 Å². The number of hydrogen-bond donors (Lipinski definition) is 1. The summed E-state index contributed by atoms with van der Waals surface area (Å²) in [5.74, 6) is 1.24. The van der Waals surface area contributed by atoms with Gasteiger partial charge in [-0.1, -0.05) is 18.2 Å². The molecule has 0 unspecified atom stereocenters. The van der Waals surface area contributed by atoms with E-state index < -0.39 is 0 Å². The van der Waals surface area contributed by atoms with Crippen LogP contribution in [0.15, 0.2) is 41.3 Å². The van der Waals surface area contributed by atoms with Gasteiger partial charge in [0.15, 0.2) is 0 Å². The predicted octanol–water partition coefficient (Wildman–Crippen LogP) is 3.97. The van der Waals surface area contributed by atoms with Crippen LogP contribution in [0.1, 0.15) is 5.56 Å². The van der Waals surface area contributed by atoms with Crippen LogP contribution in [0.2, 0.25) is 0 Å². The number of thioether (sulfide) groups is 1. The van der Waals surface area contributed by atoms with E-state index >= 15 is 0 Å². The Balaban J connectivity index is 2.19. The van der Waals surface area contributed by atoms with Crippen molar-refractivity contribution in [3.05, 3.63) is 42.0 Å². The summed E-state index contributed by atoms with van der Waals surface area (Å²) in [6.07, 6.45) is 1.21. The number of aromatic amines is 1. The molecule has 3 aromatic rings. The molecule has 4 rings (SSSR count). The van der Waals surface area contributed by atoms with Gasteiger partial charge in [-0.25, -0.2) is 0 Å². The molecule has 1 aliphatic heterocycles. The molecule has 16 heavy (non-hydrogen) atoms. The van der Waals surface area contributed by atoms with Crippen LogP contribution in [-0.4, -0.2) is 10.7 Å². The molecule has 78 valence electrons. The lowest BCUT2D eigenvalue weighted by Gasteiger charge is -1.98.